The third-order valence-corrected chi connectivity index (χ3v) is 10.7. The Balaban J connectivity index is 1.11. The van der Waals surface area contributed by atoms with E-state index in [-0.39, 0.29) is 24.6 Å². The highest BCUT2D eigenvalue weighted by molar-refractivity contribution is 7.08. The molecule has 0 radical (unpaired) electrons. The summed E-state index contributed by atoms with van der Waals surface area (Å²) in [4.78, 5) is 34.8. The number of amides is 2. The Morgan fingerprint density at radius 2 is 1.27 bits per heavy atom. The molecule has 3 saturated heterocycles. The first kappa shape index (κ1) is 34.4. The van der Waals surface area contributed by atoms with Crippen LogP contribution in [0.3, 0.4) is 0 Å². The molecule has 2 unspecified atom stereocenters. The van der Waals surface area contributed by atoms with E-state index in [4.69, 9.17) is 0 Å². The van der Waals surface area contributed by atoms with E-state index in [1.54, 1.807) is 0 Å². The smallest absolute Gasteiger partial charge is 0.339 e. The number of likely N-dealkylation sites (tertiary alicyclic amines) is 2. The summed E-state index contributed by atoms with van der Waals surface area (Å²) in [6.45, 7) is 5.08. The lowest BCUT2D eigenvalue weighted by Crippen LogP contribution is -2.58. The highest BCUT2D eigenvalue weighted by Crippen LogP contribution is 2.37. The lowest BCUT2D eigenvalue weighted by atomic mass is 9.90. The number of piperazine rings is 1. The van der Waals surface area contributed by atoms with Crippen molar-refractivity contribution in [3.05, 3.63) is 93.2 Å². The van der Waals surface area contributed by atoms with E-state index < -0.39 is 41.0 Å². The molecule has 3 aliphatic heterocycles. The molecule has 1 aromatic heterocycles. The van der Waals surface area contributed by atoms with Crippen LogP contribution in [0, 0.1) is 0 Å². The number of benzene rings is 2. The molecule has 0 spiro atoms. The van der Waals surface area contributed by atoms with Gasteiger partial charge in [0.15, 0.2) is 0 Å². The van der Waals surface area contributed by atoms with Crippen molar-refractivity contribution in [1.82, 2.24) is 19.6 Å². The molecule has 3 aromatic rings. The molecule has 6 rings (SSSR count). The minimum absolute atomic E-state index is 0.0536. The van der Waals surface area contributed by atoms with Gasteiger partial charge in [-0.2, -0.15) is 37.7 Å². The summed E-state index contributed by atoms with van der Waals surface area (Å²) in [5.41, 5.74) is -1.91. The lowest BCUT2D eigenvalue weighted by Gasteiger charge is -2.48. The number of hydrogen-bond acceptors (Lipinski definition) is 5. The molecule has 2 atom stereocenters. The van der Waals surface area contributed by atoms with Gasteiger partial charge in [0.2, 0.25) is 0 Å². The fourth-order valence-electron chi connectivity index (χ4n) is 7.42. The molecule has 6 nitrogen and oxygen atoms in total. The number of halogens is 6. The van der Waals surface area contributed by atoms with Crippen molar-refractivity contribution in [2.75, 3.05) is 45.8 Å². The predicted molar refractivity (Wildman–Crippen MR) is 171 cm³/mol. The Hall–Kier alpha value is -3.42. The van der Waals surface area contributed by atoms with Crippen molar-refractivity contribution in [2.24, 2.45) is 0 Å². The normalized spacial score (nSPS) is 22.2. The molecule has 2 aromatic carbocycles. The number of nitrogens with zero attached hydrogens (tertiary/aromatic N) is 4. The largest absolute Gasteiger partial charge is 0.416 e. The van der Waals surface area contributed by atoms with Crippen LogP contribution in [0.4, 0.5) is 26.3 Å². The summed E-state index contributed by atoms with van der Waals surface area (Å²) in [5.74, 6) is -0.733. The number of carbonyl (C=O) groups excluding carboxylic acids is 2. The summed E-state index contributed by atoms with van der Waals surface area (Å²) in [7, 11) is 0. The van der Waals surface area contributed by atoms with E-state index in [1.807, 2.05) is 52.1 Å². The second kappa shape index (κ2) is 14.2. The molecule has 13 heteroatoms. The summed E-state index contributed by atoms with van der Waals surface area (Å²) in [6.07, 6.45) is -6.65. The molecule has 3 fully saturated rings. The average Bonchev–Trinajstić information content (AvgIpc) is 3.63. The van der Waals surface area contributed by atoms with Gasteiger partial charge in [-0.05, 0) is 67.3 Å². The number of alkyl halides is 6. The van der Waals surface area contributed by atoms with Crippen LogP contribution in [0.2, 0.25) is 0 Å². The van der Waals surface area contributed by atoms with E-state index in [1.165, 1.54) is 16.2 Å². The van der Waals surface area contributed by atoms with Crippen LogP contribution in [0.5, 0.6) is 0 Å². The lowest BCUT2D eigenvalue weighted by molar-refractivity contribution is -0.143. The van der Waals surface area contributed by atoms with Crippen molar-refractivity contribution in [3.63, 3.8) is 0 Å². The maximum Gasteiger partial charge on any atom is 0.416 e. The van der Waals surface area contributed by atoms with Crippen LogP contribution in [0.25, 0.3) is 0 Å². The molecule has 48 heavy (non-hydrogen) atoms. The molecule has 0 bridgehead atoms. The van der Waals surface area contributed by atoms with E-state index in [2.05, 4.69) is 9.80 Å². The van der Waals surface area contributed by atoms with Crippen LogP contribution < -0.4 is 0 Å². The van der Waals surface area contributed by atoms with Gasteiger partial charge < -0.3 is 9.80 Å². The molecule has 0 saturated carbocycles. The zero-order valence-electron chi connectivity index (χ0n) is 26.3. The van der Waals surface area contributed by atoms with E-state index in [0.29, 0.717) is 37.4 Å². The van der Waals surface area contributed by atoms with Gasteiger partial charge in [-0.25, -0.2) is 0 Å². The highest BCUT2D eigenvalue weighted by Gasteiger charge is 2.40. The summed E-state index contributed by atoms with van der Waals surface area (Å²) in [6, 6.07) is 12.5. The molecule has 3 aliphatic rings. The molecule has 4 heterocycles. The summed E-state index contributed by atoms with van der Waals surface area (Å²) >= 11 is 1.52. The standard InChI is InChI=1S/C35H38F6N4O2S/c36-34(37,38)27-19-26(20-28(21-27)35(39,40)41)33(47)45-12-8-30(22-31(45)18-24-4-2-1-3-5-24)43-15-13-42(14-16-43)29-6-10-44(11-7-29)32(46)25-9-17-48-23-25/h1-5,9,17,19-21,23,29-31H,6-8,10-16,18,22H2. The number of carbonyl (C=O) groups is 2. The zero-order valence-corrected chi connectivity index (χ0v) is 27.2. The van der Waals surface area contributed by atoms with Crippen LogP contribution in [-0.4, -0.2) is 95.4 Å². The Morgan fingerprint density at radius 1 is 0.688 bits per heavy atom. The number of hydrogen-bond donors (Lipinski definition) is 0. The fraction of sp³-hybridized carbons (Fsp3) is 0.486. The first-order chi connectivity index (χ1) is 22.9. The highest BCUT2D eigenvalue weighted by atomic mass is 32.1. The van der Waals surface area contributed by atoms with Gasteiger partial charge in [-0.1, -0.05) is 30.3 Å². The molecule has 0 N–H and O–H groups in total. The quantitative estimate of drug-likeness (QED) is 0.263. The maximum atomic E-state index is 13.7. The van der Waals surface area contributed by atoms with Gasteiger partial charge >= 0.3 is 12.4 Å². The molecule has 258 valence electrons. The number of rotatable bonds is 6. The van der Waals surface area contributed by atoms with Crippen LogP contribution >= 0.6 is 11.3 Å². The summed E-state index contributed by atoms with van der Waals surface area (Å²) in [5, 5.41) is 3.79. The van der Waals surface area contributed by atoms with Gasteiger partial charge in [0.25, 0.3) is 11.8 Å². The molecular formula is C35H38F6N4O2S. The average molecular weight is 693 g/mol. The van der Waals surface area contributed by atoms with Gasteiger partial charge in [0.1, 0.15) is 0 Å². The van der Waals surface area contributed by atoms with Crippen LogP contribution in [-0.2, 0) is 18.8 Å². The fourth-order valence-corrected chi connectivity index (χ4v) is 8.05. The second-order valence-electron chi connectivity index (χ2n) is 12.9. The number of piperidine rings is 2. The minimum Gasteiger partial charge on any atom is -0.339 e. The Morgan fingerprint density at radius 3 is 1.83 bits per heavy atom. The van der Waals surface area contributed by atoms with Gasteiger partial charge in [-0.15, -0.1) is 0 Å². The van der Waals surface area contributed by atoms with Crippen molar-refractivity contribution in [1.29, 1.82) is 0 Å². The molecule has 2 amide bonds. The zero-order chi connectivity index (χ0) is 34.1. The minimum atomic E-state index is -5.03. The van der Waals surface area contributed by atoms with Gasteiger partial charge in [0, 0.05) is 74.9 Å². The monoisotopic (exact) mass is 692 g/mol. The van der Waals surface area contributed by atoms with Crippen molar-refractivity contribution < 1.29 is 35.9 Å². The van der Waals surface area contributed by atoms with Crippen molar-refractivity contribution in [2.45, 2.75) is 62.6 Å². The Bertz CT molecular complexity index is 1520. The van der Waals surface area contributed by atoms with Gasteiger partial charge in [-0.3, -0.25) is 19.4 Å². The van der Waals surface area contributed by atoms with Crippen molar-refractivity contribution >= 4 is 23.2 Å². The van der Waals surface area contributed by atoms with Crippen LogP contribution in [0.1, 0.15) is 63.1 Å². The Kier molecular flexibility index (Phi) is 10.2. The van der Waals surface area contributed by atoms with Crippen molar-refractivity contribution in [3.8, 4) is 0 Å². The first-order valence-electron chi connectivity index (χ1n) is 16.3. The van der Waals surface area contributed by atoms with Gasteiger partial charge in [0.05, 0.1) is 16.7 Å². The summed E-state index contributed by atoms with van der Waals surface area (Å²) < 4.78 is 81.6. The predicted octanol–water partition coefficient (Wildman–Crippen LogP) is 6.92. The van der Waals surface area contributed by atoms with E-state index >= 15 is 0 Å². The third kappa shape index (κ3) is 7.89. The van der Waals surface area contributed by atoms with E-state index in [9.17, 15) is 35.9 Å². The SMILES string of the molecule is O=C(c1ccsc1)N1CCC(N2CCN(C3CCN(C(=O)c4cc(C(F)(F)F)cc(C(F)(F)F)c4)C(Cc4ccccc4)C3)CC2)CC1. The third-order valence-electron chi connectivity index (χ3n) is 10.00. The van der Waals surface area contributed by atoms with Crippen LogP contribution in [0.15, 0.2) is 65.4 Å². The maximum absolute atomic E-state index is 13.7. The van der Waals surface area contributed by atoms with E-state index in [0.717, 1.165) is 63.2 Å². The molecular weight excluding hydrogens is 654 g/mol. The topological polar surface area (TPSA) is 47.1 Å². The Labute approximate surface area is 279 Å². The molecule has 0 aliphatic carbocycles. The second-order valence-corrected chi connectivity index (χ2v) is 13.7. The first-order valence-corrected chi connectivity index (χ1v) is 17.2. The number of thiophene rings is 1.